The van der Waals surface area contributed by atoms with Crippen molar-refractivity contribution in [3.05, 3.63) is 77.2 Å². The number of para-hydroxylation sites is 1. The topological polar surface area (TPSA) is 72.8 Å². The Kier molecular flexibility index (Phi) is 2.81. The van der Waals surface area contributed by atoms with Gasteiger partial charge in [-0.15, -0.1) is 0 Å². The molecule has 0 atom stereocenters. The summed E-state index contributed by atoms with van der Waals surface area (Å²) >= 11 is 0. The Morgan fingerprint density at radius 2 is 1.39 bits per heavy atom. The fraction of sp³-hybridized carbons (Fsp3) is 0. The molecule has 5 nitrogen and oxygen atoms in total. The number of hydrogen-bond acceptors (Lipinski definition) is 5. The molecular weight excluding hydrogens is 296 g/mol. The Labute approximate surface area is 131 Å². The monoisotopic (exact) mass is 306 g/mol. The summed E-state index contributed by atoms with van der Waals surface area (Å²) in [5.74, 6) is -1.51. The summed E-state index contributed by atoms with van der Waals surface area (Å²) in [6.45, 7) is 0. The summed E-state index contributed by atoms with van der Waals surface area (Å²) in [7, 11) is 0. The highest BCUT2D eigenvalue weighted by atomic mass is 16.6. The van der Waals surface area contributed by atoms with Crippen LogP contribution in [-0.2, 0) is 14.3 Å². The van der Waals surface area contributed by atoms with E-state index >= 15 is 0 Å². The molecule has 0 unspecified atom stereocenters. The van der Waals surface area contributed by atoms with Crippen LogP contribution in [0.25, 0.3) is 11.1 Å². The number of fused-ring (bicyclic) bond motifs is 1. The first-order valence-corrected chi connectivity index (χ1v) is 6.94. The van der Waals surface area contributed by atoms with E-state index < -0.39 is 11.9 Å². The highest BCUT2D eigenvalue weighted by Gasteiger charge is 2.39. The number of aliphatic hydroxyl groups excluding tert-OH is 1. The van der Waals surface area contributed by atoms with Gasteiger partial charge in [-0.25, -0.2) is 9.59 Å². The molecule has 0 aromatic heterocycles. The molecule has 2 aliphatic rings. The van der Waals surface area contributed by atoms with E-state index in [0.29, 0.717) is 16.9 Å². The number of carbonyl (C=O) groups excluding carboxylic acids is 2. The molecule has 0 saturated carbocycles. The van der Waals surface area contributed by atoms with Crippen LogP contribution in [0.5, 0.6) is 5.75 Å². The molecule has 0 radical (unpaired) electrons. The third-order valence-electron chi connectivity index (χ3n) is 3.70. The van der Waals surface area contributed by atoms with Crippen LogP contribution in [0.1, 0.15) is 11.1 Å². The molecule has 0 spiro atoms. The normalized spacial score (nSPS) is 19.7. The lowest BCUT2D eigenvalue weighted by Gasteiger charge is -2.01. The zero-order valence-corrected chi connectivity index (χ0v) is 11.8. The highest BCUT2D eigenvalue weighted by molar-refractivity contribution is 6.27. The summed E-state index contributed by atoms with van der Waals surface area (Å²) in [4.78, 5) is 24.3. The van der Waals surface area contributed by atoms with E-state index in [1.165, 1.54) is 0 Å². The third-order valence-corrected chi connectivity index (χ3v) is 3.70. The van der Waals surface area contributed by atoms with Crippen LogP contribution in [0.2, 0.25) is 0 Å². The van der Waals surface area contributed by atoms with Crippen molar-refractivity contribution >= 4 is 23.1 Å². The van der Waals surface area contributed by atoms with Crippen molar-refractivity contribution in [3.8, 4) is 5.75 Å². The van der Waals surface area contributed by atoms with E-state index in [4.69, 9.17) is 9.47 Å². The first kappa shape index (κ1) is 13.3. The maximum Gasteiger partial charge on any atom is 0.348 e. The Balaban J connectivity index is 1.93. The molecule has 0 amide bonds. The zero-order chi connectivity index (χ0) is 16.0. The van der Waals surface area contributed by atoms with Gasteiger partial charge in [0.1, 0.15) is 16.9 Å². The average molecular weight is 306 g/mol. The largest absolute Gasteiger partial charge is 0.504 e. The molecule has 2 aromatic rings. The maximum atomic E-state index is 12.1. The van der Waals surface area contributed by atoms with Crippen LogP contribution in [-0.4, -0.2) is 17.0 Å². The minimum Gasteiger partial charge on any atom is -0.504 e. The van der Waals surface area contributed by atoms with Gasteiger partial charge in [-0.05, 0) is 11.6 Å². The molecule has 23 heavy (non-hydrogen) atoms. The molecule has 0 saturated heterocycles. The number of ether oxygens (including phenoxy) is 2. The van der Waals surface area contributed by atoms with Crippen molar-refractivity contribution in [2.24, 2.45) is 0 Å². The van der Waals surface area contributed by atoms with Crippen LogP contribution >= 0.6 is 0 Å². The van der Waals surface area contributed by atoms with Crippen molar-refractivity contribution in [1.82, 2.24) is 0 Å². The van der Waals surface area contributed by atoms with Gasteiger partial charge < -0.3 is 14.6 Å². The summed E-state index contributed by atoms with van der Waals surface area (Å²) in [5, 5.41) is 10.4. The highest BCUT2D eigenvalue weighted by Crippen LogP contribution is 2.41. The van der Waals surface area contributed by atoms with E-state index in [-0.39, 0.29) is 22.7 Å². The van der Waals surface area contributed by atoms with Gasteiger partial charge in [0.25, 0.3) is 0 Å². The quantitative estimate of drug-likeness (QED) is 0.498. The van der Waals surface area contributed by atoms with Crippen molar-refractivity contribution in [2.45, 2.75) is 0 Å². The second-order valence-electron chi connectivity index (χ2n) is 5.07. The second-order valence-corrected chi connectivity index (χ2v) is 5.07. The maximum absolute atomic E-state index is 12.1. The number of aliphatic hydroxyl groups is 1. The van der Waals surface area contributed by atoms with E-state index in [1.54, 1.807) is 54.6 Å². The number of hydrogen-bond donors (Lipinski definition) is 1. The van der Waals surface area contributed by atoms with Gasteiger partial charge in [0.15, 0.2) is 11.5 Å². The average Bonchev–Trinajstić information content (AvgIpc) is 3.03. The van der Waals surface area contributed by atoms with Crippen molar-refractivity contribution in [2.75, 3.05) is 0 Å². The molecule has 2 aliphatic heterocycles. The number of carbonyl (C=O) groups is 2. The lowest BCUT2D eigenvalue weighted by molar-refractivity contribution is -0.131. The van der Waals surface area contributed by atoms with E-state index in [9.17, 15) is 14.7 Å². The molecule has 5 heteroatoms. The fourth-order valence-electron chi connectivity index (χ4n) is 2.67. The van der Waals surface area contributed by atoms with Crippen LogP contribution in [0.4, 0.5) is 0 Å². The molecule has 2 aromatic carbocycles. The standard InChI is InChI=1S/C18H10O5/c19-15-13(10-6-2-1-3-7-10)17(20)23-16(15)14-11-8-4-5-9-12(11)22-18(14)21/h1-9,19H/b16-14-. The Hall–Kier alpha value is -3.34. The van der Waals surface area contributed by atoms with Crippen molar-refractivity contribution in [1.29, 1.82) is 0 Å². The minimum absolute atomic E-state index is 0.0327. The van der Waals surface area contributed by atoms with Crippen LogP contribution < -0.4 is 4.74 Å². The molecule has 0 bridgehead atoms. The lowest BCUT2D eigenvalue weighted by Crippen LogP contribution is -2.05. The number of benzene rings is 2. The molecule has 1 N–H and O–H groups in total. The summed E-state index contributed by atoms with van der Waals surface area (Å²) in [6, 6.07) is 15.4. The summed E-state index contributed by atoms with van der Waals surface area (Å²) in [5.41, 5.74) is 1.09. The van der Waals surface area contributed by atoms with Gasteiger partial charge in [-0.1, -0.05) is 48.5 Å². The Bertz CT molecular complexity index is 906. The van der Waals surface area contributed by atoms with Crippen LogP contribution in [0.3, 0.4) is 0 Å². The lowest BCUT2D eigenvalue weighted by atomic mass is 10.0. The van der Waals surface area contributed by atoms with Gasteiger partial charge in [0, 0.05) is 5.56 Å². The molecule has 0 fully saturated rings. The zero-order valence-electron chi connectivity index (χ0n) is 11.8. The predicted octanol–water partition coefficient (Wildman–Crippen LogP) is 2.84. The molecule has 4 rings (SSSR count). The van der Waals surface area contributed by atoms with Crippen molar-refractivity contribution < 1.29 is 24.2 Å². The van der Waals surface area contributed by atoms with Crippen molar-refractivity contribution in [3.63, 3.8) is 0 Å². The molecule has 2 heterocycles. The fourth-order valence-corrected chi connectivity index (χ4v) is 2.67. The number of esters is 2. The number of rotatable bonds is 1. The first-order valence-electron chi connectivity index (χ1n) is 6.94. The molecular formula is C18H10O5. The van der Waals surface area contributed by atoms with Gasteiger partial charge in [-0.3, -0.25) is 0 Å². The van der Waals surface area contributed by atoms with Gasteiger partial charge in [0.05, 0.1) is 0 Å². The van der Waals surface area contributed by atoms with Gasteiger partial charge in [-0.2, -0.15) is 0 Å². The van der Waals surface area contributed by atoms with E-state index in [2.05, 4.69) is 0 Å². The Morgan fingerprint density at radius 3 is 2.17 bits per heavy atom. The smallest absolute Gasteiger partial charge is 0.348 e. The minimum atomic E-state index is -0.701. The summed E-state index contributed by atoms with van der Waals surface area (Å²) in [6.07, 6.45) is 0. The van der Waals surface area contributed by atoms with E-state index in [1.807, 2.05) is 0 Å². The molecule has 112 valence electrons. The molecule has 0 aliphatic carbocycles. The third kappa shape index (κ3) is 1.94. The van der Waals surface area contributed by atoms with Gasteiger partial charge in [0.2, 0.25) is 0 Å². The second kappa shape index (κ2) is 4.84. The SMILES string of the molecule is O=C1O/C(=C2\C(=O)Oc3ccccc32)C(O)=C1c1ccccc1. The van der Waals surface area contributed by atoms with Crippen LogP contribution in [0.15, 0.2) is 66.1 Å². The van der Waals surface area contributed by atoms with Gasteiger partial charge >= 0.3 is 11.9 Å². The van der Waals surface area contributed by atoms with E-state index in [0.717, 1.165) is 0 Å². The summed E-state index contributed by atoms with van der Waals surface area (Å²) < 4.78 is 10.3. The predicted molar refractivity (Wildman–Crippen MR) is 81.1 cm³/mol. The number of cyclic esters (lactones) is 1. The Morgan fingerprint density at radius 1 is 0.739 bits per heavy atom. The van der Waals surface area contributed by atoms with Crippen LogP contribution in [0, 0.1) is 0 Å². The first-order chi connectivity index (χ1) is 11.2.